The van der Waals surface area contributed by atoms with E-state index in [1.807, 2.05) is 0 Å². The van der Waals surface area contributed by atoms with E-state index < -0.39 is 0 Å². The molecule has 1 aromatic heterocycles. The molecule has 1 aromatic rings. The van der Waals surface area contributed by atoms with Crippen molar-refractivity contribution in [3.05, 3.63) is 12.4 Å². The average molecular weight is 263 g/mol. The molecule has 0 aromatic carbocycles. The van der Waals surface area contributed by atoms with E-state index in [-0.39, 0.29) is 0 Å². The van der Waals surface area contributed by atoms with Crippen LogP contribution in [-0.4, -0.2) is 42.7 Å². The summed E-state index contributed by atoms with van der Waals surface area (Å²) in [5, 5.41) is 0. The molecule has 2 rings (SSSR count). The zero-order valence-corrected chi connectivity index (χ0v) is 12.0. The van der Waals surface area contributed by atoms with Gasteiger partial charge in [0.1, 0.15) is 18.0 Å². The quantitative estimate of drug-likeness (QED) is 0.845. The van der Waals surface area contributed by atoms with Crippen molar-refractivity contribution in [3.8, 4) is 0 Å². The van der Waals surface area contributed by atoms with Crippen molar-refractivity contribution >= 4 is 11.6 Å². The van der Waals surface area contributed by atoms with Crippen LogP contribution >= 0.6 is 0 Å². The monoisotopic (exact) mass is 263 g/mol. The minimum atomic E-state index is 0.546. The summed E-state index contributed by atoms with van der Waals surface area (Å²) in [5.41, 5.74) is 5.70. The first-order chi connectivity index (χ1) is 9.26. The Balaban J connectivity index is 2.13. The van der Waals surface area contributed by atoms with Crippen LogP contribution in [0, 0.1) is 0 Å². The summed E-state index contributed by atoms with van der Waals surface area (Å²) in [6.07, 6.45) is 6.30. The first-order valence-electron chi connectivity index (χ1n) is 7.26. The highest BCUT2D eigenvalue weighted by atomic mass is 15.2. The predicted octanol–water partition coefficient (Wildman–Crippen LogP) is 1.64. The second-order valence-electron chi connectivity index (χ2n) is 5.22. The van der Waals surface area contributed by atoms with Gasteiger partial charge >= 0.3 is 0 Å². The fraction of sp³-hybridized carbons (Fsp3) is 0.714. The van der Waals surface area contributed by atoms with Gasteiger partial charge < -0.3 is 15.5 Å². The SMILES string of the molecule is CCCN(C)c1cc(N2CCCC2CCN)ncn1. The summed E-state index contributed by atoms with van der Waals surface area (Å²) in [6.45, 7) is 5.02. The van der Waals surface area contributed by atoms with Crippen LogP contribution in [0.2, 0.25) is 0 Å². The highest BCUT2D eigenvalue weighted by Gasteiger charge is 2.25. The minimum absolute atomic E-state index is 0.546. The Kier molecular flexibility index (Phi) is 4.96. The molecule has 1 saturated heterocycles. The molecular weight excluding hydrogens is 238 g/mol. The fourth-order valence-corrected chi connectivity index (χ4v) is 2.78. The summed E-state index contributed by atoms with van der Waals surface area (Å²) in [4.78, 5) is 13.4. The standard InChI is InChI=1S/C14H25N5/c1-3-8-18(2)13-10-14(17-11-16-13)19-9-4-5-12(19)6-7-15/h10-12H,3-9,15H2,1-2H3. The molecule has 1 fully saturated rings. The van der Waals surface area contributed by atoms with Crippen molar-refractivity contribution in [3.63, 3.8) is 0 Å². The maximum Gasteiger partial charge on any atom is 0.134 e. The van der Waals surface area contributed by atoms with Gasteiger partial charge in [0, 0.05) is 32.2 Å². The van der Waals surface area contributed by atoms with Crippen molar-refractivity contribution in [1.29, 1.82) is 0 Å². The highest BCUT2D eigenvalue weighted by Crippen LogP contribution is 2.27. The molecule has 0 radical (unpaired) electrons. The minimum Gasteiger partial charge on any atom is -0.360 e. The van der Waals surface area contributed by atoms with Gasteiger partial charge in [-0.15, -0.1) is 0 Å². The smallest absolute Gasteiger partial charge is 0.134 e. The third-order valence-corrected chi connectivity index (χ3v) is 3.76. The molecule has 1 aliphatic heterocycles. The van der Waals surface area contributed by atoms with Crippen LogP contribution in [0.5, 0.6) is 0 Å². The lowest BCUT2D eigenvalue weighted by Gasteiger charge is -2.26. The van der Waals surface area contributed by atoms with Crippen LogP contribution in [0.25, 0.3) is 0 Å². The van der Waals surface area contributed by atoms with E-state index in [9.17, 15) is 0 Å². The topological polar surface area (TPSA) is 58.3 Å². The first kappa shape index (κ1) is 14.1. The van der Waals surface area contributed by atoms with Crippen molar-refractivity contribution < 1.29 is 0 Å². The van der Waals surface area contributed by atoms with Crippen LogP contribution in [-0.2, 0) is 0 Å². The molecule has 19 heavy (non-hydrogen) atoms. The number of hydrogen-bond donors (Lipinski definition) is 1. The number of rotatable bonds is 6. The summed E-state index contributed by atoms with van der Waals surface area (Å²) in [7, 11) is 2.08. The number of aromatic nitrogens is 2. The zero-order valence-electron chi connectivity index (χ0n) is 12.0. The van der Waals surface area contributed by atoms with E-state index in [1.54, 1.807) is 6.33 Å². The highest BCUT2D eigenvalue weighted by molar-refractivity contribution is 5.50. The maximum absolute atomic E-state index is 5.70. The molecule has 5 nitrogen and oxygen atoms in total. The van der Waals surface area contributed by atoms with Crippen LogP contribution in [0.1, 0.15) is 32.6 Å². The maximum atomic E-state index is 5.70. The molecule has 2 N–H and O–H groups in total. The van der Waals surface area contributed by atoms with Crippen molar-refractivity contribution in [2.24, 2.45) is 5.73 Å². The van der Waals surface area contributed by atoms with Gasteiger partial charge in [-0.1, -0.05) is 6.92 Å². The van der Waals surface area contributed by atoms with Gasteiger partial charge in [0.25, 0.3) is 0 Å². The lowest BCUT2D eigenvalue weighted by Crippen LogP contribution is -2.32. The van der Waals surface area contributed by atoms with E-state index in [0.29, 0.717) is 6.04 Å². The summed E-state index contributed by atoms with van der Waals surface area (Å²) in [5.74, 6) is 2.05. The Bertz CT molecular complexity index is 395. The van der Waals surface area contributed by atoms with E-state index in [4.69, 9.17) is 5.73 Å². The summed E-state index contributed by atoms with van der Waals surface area (Å²) < 4.78 is 0. The van der Waals surface area contributed by atoms with Gasteiger partial charge in [-0.3, -0.25) is 0 Å². The van der Waals surface area contributed by atoms with E-state index in [0.717, 1.165) is 44.1 Å². The number of nitrogens with two attached hydrogens (primary N) is 1. The van der Waals surface area contributed by atoms with Crippen LogP contribution in [0.15, 0.2) is 12.4 Å². The largest absolute Gasteiger partial charge is 0.360 e. The molecule has 1 atom stereocenters. The van der Waals surface area contributed by atoms with Gasteiger partial charge in [0.05, 0.1) is 0 Å². The molecule has 0 saturated carbocycles. The molecule has 0 bridgehead atoms. The summed E-state index contributed by atoms with van der Waals surface area (Å²) >= 11 is 0. The van der Waals surface area contributed by atoms with Crippen LogP contribution < -0.4 is 15.5 Å². The van der Waals surface area contributed by atoms with Crippen LogP contribution in [0.3, 0.4) is 0 Å². The molecule has 0 amide bonds. The number of nitrogens with zero attached hydrogens (tertiary/aromatic N) is 4. The second-order valence-corrected chi connectivity index (χ2v) is 5.22. The van der Waals surface area contributed by atoms with Gasteiger partial charge in [-0.25, -0.2) is 9.97 Å². The molecule has 5 heteroatoms. The number of anilines is 2. The molecule has 0 spiro atoms. The Morgan fingerprint density at radius 2 is 2.32 bits per heavy atom. The van der Waals surface area contributed by atoms with Crippen molar-refractivity contribution in [1.82, 2.24) is 9.97 Å². The Hall–Kier alpha value is -1.36. The summed E-state index contributed by atoms with van der Waals surface area (Å²) in [6, 6.07) is 2.65. The third-order valence-electron chi connectivity index (χ3n) is 3.76. The number of hydrogen-bond acceptors (Lipinski definition) is 5. The fourth-order valence-electron chi connectivity index (χ4n) is 2.78. The predicted molar refractivity (Wildman–Crippen MR) is 79.6 cm³/mol. The first-order valence-corrected chi connectivity index (χ1v) is 7.26. The van der Waals surface area contributed by atoms with Gasteiger partial charge in [-0.05, 0) is 32.2 Å². The molecule has 1 aliphatic rings. The van der Waals surface area contributed by atoms with Crippen molar-refractivity contribution in [2.45, 2.75) is 38.6 Å². The molecule has 106 valence electrons. The van der Waals surface area contributed by atoms with E-state index in [1.165, 1.54) is 12.8 Å². The average Bonchev–Trinajstić information content (AvgIpc) is 2.88. The zero-order chi connectivity index (χ0) is 13.7. The van der Waals surface area contributed by atoms with E-state index in [2.05, 4.69) is 39.8 Å². The lowest BCUT2D eigenvalue weighted by molar-refractivity contribution is 0.614. The van der Waals surface area contributed by atoms with E-state index >= 15 is 0 Å². The van der Waals surface area contributed by atoms with Gasteiger partial charge in [0.15, 0.2) is 0 Å². The van der Waals surface area contributed by atoms with Gasteiger partial charge in [0.2, 0.25) is 0 Å². The van der Waals surface area contributed by atoms with Crippen molar-refractivity contribution in [2.75, 3.05) is 36.5 Å². The Morgan fingerprint density at radius 3 is 3.05 bits per heavy atom. The normalized spacial score (nSPS) is 18.9. The van der Waals surface area contributed by atoms with Gasteiger partial charge in [-0.2, -0.15) is 0 Å². The molecule has 1 unspecified atom stereocenters. The molecular formula is C14H25N5. The Morgan fingerprint density at radius 1 is 1.47 bits per heavy atom. The Labute approximate surface area is 115 Å². The molecule has 2 heterocycles. The van der Waals surface area contributed by atoms with Crippen LogP contribution in [0.4, 0.5) is 11.6 Å². The molecule has 0 aliphatic carbocycles. The second kappa shape index (κ2) is 6.70. The lowest BCUT2D eigenvalue weighted by atomic mass is 10.1. The third kappa shape index (κ3) is 3.35.